The van der Waals surface area contributed by atoms with Gasteiger partial charge < -0.3 is 5.11 Å². The quantitative estimate of drug-likeness (QED) is 0.756. The summed E-state index contributed by atoms with van der Waals surface area (Å²) in [5.41, 5.74) is 0.153. The molecule has 0 fully saturated rings. The number of allylic oxidation sites excluding steroid dienone is 1. The maximum absolute atomic E-state index is 10.7. The molecule has 0 spiro atoms. The first-order valence-corrected chi connectivity index (χ1v) is 6.03. The summed E-state index contributed by atoms with van der Waals surface area (Å²) in [5, 5.41) is 12.9. The smallest absolute Gasteiger partial charge is 0.108 e. The van der Waals surface area contributed by atoms with Crippen molar-refractivity contribution < 1.29 is 5.11 Å². The molecule has 0 saturated heterocycles. The van der Waals surface area contributed by atoms with Gasteiger partial charge in [-0.2, -0.15) is 0 Å². The minimum absolute atomic E-state index is 0.789. The lowest BCUT2D eigenvalue weighted by atomic mass is 9.83. The van der Waals surface area contributed by atoms with E-state index in [0.717, 1.165) is 35.6 Å². The maximum atomic E-state index is 10.7. The van der Waals surface area contributed by atoms with Crippen molar-refractivity contribution in [2.24, 2.45) is 0 Å². The van der Waals surface area contributed by atoms with Gasteiger partial charge in [-0.3, -0.25) is 4.98 Å². The first-order valence-electron chi connectivity index (χ1n) is 6.03. The highest BCUT2D eigenvalue weighted by atomic mass is 16.3. The number of aliphatic hydroxyl groups is 1. The lowest BCUT2D eigenvalue weighted by Crippen LogP contribution is -2.25. The standard InChI is InChI=1S/C15H15NO/c17-15(8-2-1-3-9-15)14-6-4-5-12-7-10-16-11-13(12)14/h2,4-8,10-11,17H,1,3,9H2. The largest absolute Gasteiger partial charge is 0.381 e. The molecule has 17 heavy (non-hydrogen) atoms. The van der Waals surface area contributed by atoms with Crippen LogP contribution in [0.3, 0.4) is 0 Å². The van der Waals surface area contributed by atoms with Crippen molar-refractivity contribution in [1.29, 1.82) is 0 Å². The van der Waals surface area contributed by atoms with E-state index in [9.17, 15) is 5.11 Å². The number of fused-ring (bicyclic) bond motifs is 1. The van der Waals surface area contributed by atoms with E-state index in [1.54, 1.807) is 6.20 Å². The monoisotopic (exact) mass is 225 g/mol. The molecule has 1 heterocycles. The van der Waals surface area contributed by atoms with E-state index in [1.165, 1.54) is 0 Å². The van der Waals surface area contributed by atoms with Gasteiger partial charge >= 0.3 is 0 Å². The van der Waals surface area contributed by atoms with Crippen LogP contribution in [0.5, 0.6) is 0 Å². The molecule has 1 atom stereocenters. The van der Waals surface area contributed by atoms with Crippen LogP contribution in [0.15, 0.2) is 48.8 Å². The minimum atomic E-state index is -0.819. The molecule has 86 valence electrons. The second kappa shape index (κ2) is 3.97. The molecule has 1 aliphatic rings. The van der Waals surface area contributed by atoms with E-state index in [2.05, 4.69) is 17.1 Å². The van der Waals surface area contributed by atoms with Crippen LogP contribution < -0.4 is 0 Å². The van der Waals surface area contributed by atoms with Crippen LogP contribution in [0.1, 0.15) is 24.8 Å². The van der Waals surface area contributed by atoms with Gasteiger partial charge in [-0.15, -0.1) is 0 Å². The van der Waals surface area contributed by atoms with Gasteiger partial charge in [-0.05, 0) is 36.3 Å². The topological polar surface area (TPSA) is 33.1 Å². The van der Waals surface area contributed by atoms with Gasteiger partial charge in [0.15, 0.2) is 0 Å². The highest BCUT2D eigenvalue weighted by Crippen LogP contribution is 2.36. The Bertz CT molecular complexity index is 571. The molecule has 1 aliphatic carbocycles. The molecule has 0 bridgehead atoms. The maximum Gasteiger partial charge on any atom is 0.108 e. The summed E-state index contributed by atoms with van der Waals surface area (Å²) in [5.74, 6) is 0. The summed E-state index contributed by atoms with van der Waals surface area (Å²) in [6.45, 7) is 0. The van der Waals surface area contributed by atoms with Gasteiger partial charge in [0.05, 0.1) is 0 Å². The second-order valence-corrected chi connectivity index (χ2v) is 4.62. The zero-order chi connectivity index (χ0) is 11.7. The third kappa shape index (κ3) is 1.75. The van der Waals surface area contributed by atoms with Crippen LogP contribution in [0.4, 0.5) is 0 Å². The van der Waals surface area contributed by atoms with Crippen LogP contribution in [0, 0.1) is 0 Å². The van der Waals surface area contributed by atoms with Gasteiger partial charge in [0.2, 0.25) is 0 Å². The summed E-state index contributed by atoms with van der Waals surface area (Å²) < 4.78 is 0. The molecule has 0 amide bonds. The predicted molar refractivity (Wildman–Crippen MR) is 68.6 cm³/mol. The summed E-state index contributed by atoms with van der Waals surface area (Å²) in [6.07, 6.45) is 10.5. The summed E-state index contributed by atoms with van der Waals surface area (Å²) in [4.78, 5) is 4.16. The van der Waals surface area contributed by atoms with Gasteiger partial charge in [0, 0.05) is 17.8 Å². The summed E-state index contributed by atoms with van der Waals surface area (Å²) in [7, 11) is 0. The number of benzene rings is 1. The molecule has 3 rings (SSSR count). The molecule has 1 aromatic heterocycles. The van der Waals surface area contributed by atoms with Crippen LogP contribution >= 0.6 is 0 Å². The fourth-order valence-electron chi connectivity index (χ4n) is 2.57. The van der Waals surface area contributed by atoms with Gasteiger partial charge in [0.1, 0.15) is 5.60 Å². The van der Waals surface area contributed by atoms with Crippen molar-refractivity contribution in [3.63, 3.8) is 0 Å². The molecule has 2 nitrogen and oxygen atoms in total. The lowest BCUT2D eigenvalue weighted by molar-refractivity contribution is 0.0741. The molecule has 1 unspecified atom stereocenters. The molecule has 2 heteroatoms. The van der Waals surface area contributed by atoms with Crippen molar-refractivity contribution in [2.45, 2.75) is 24.9 Å². The van der Waals surface area contributed by atoms with Crippen molar-refractivity contribution >= 4 is 10.8 Å². The van der Waals surface area contributed by atoms with Crippen molar-refractivity contribution in [3.8, 4) is 0 Å². The molecule has 1 aromatic carbocycles. The number of aromatic nitrogens is 1. The Balaban J connectivity index is 2.23. The fourth-order valence-corrected chi connectivity index (χ4v) is 2.57. The summed E-state index contributed by atoms with van der Waals surface area (Å²) in [6, 6.07) is 8.03. The Labute approximate surface area is 101 Å². The number of hydrogen-bond donors (Lipinski definition) is 1. The SMILES string of the molecule is OC1(c2cccc3ccncc23)C=CCCC1. The van der Waals surface area contributed by atoms with Gasteiger partial charge in [0.25, 0.3) is 0 Å². The molecule has 0 aliphatic heterocycles. The van der Waals surface area contributed by atoms with Crippen LogP contribution in [-0.2, 0) is 5.60 Å². The van der Waals surface area contributed by atoms with E-state index in [1.807, 2.05) is 30.5 Å². The average molecular weight is 225 g/mol. The normalized spacial score (nSPS) is 24.1. The lowest BCUT2D eigenvalue weighted by Gasteiger charge is -2.29. The van der Waals surface area contributed by atoms with E-state index in [4.69, 9.17) is 0 Å². The van der Waals surface area contributed by atoms with Crippen LogP contribution in [0.25, 0.3) is 10.8 Å². The zero-order valence-corrected chi connectivity index (χ0v) is 9.63. The second-order valence-electron chi connectivity index (χ2n) is 4.62. The van der Waals surface area contributed by atoms with Crippen LogP contribution in [-0.4, -0.2) is 10.1 Å². The van der Waals surface area contributed by atoms with Crippen molar-refractivity contribution in [2.75, 3.05) is 0 Å². The first kappa shape index (κ1) is 10.5. The molecule has 2 aromatic rings. The fraction of sp³-hybridized carbons (Fsp3) is 0.267. The first-order chi connectivity index (χ1) is 8.30. The molecule has 1 N–H and O–H groups in total. The van der Waals surface area contributed by atoms with E-state index < -0.39 is 5.60 Å². The average Bonchev–Trinajstić information content (AvgIpc) is 2.39. The van der Waals surface area contributed by atoms with Crippen molar-refractivity contribution in [3.05, 3.63) is 54.4 Å². The van der Waals surface area contributed by atoms with Gasteiger partial charge in [-0.1, -0.05) is 30.4 Å². The Morgan fingerprint density at radius 3 is 3.00 bits per heavy atom. The van der Waals surface area contributed by atoms with E-state index >= 15 is 0 Å². The highest BCUT2D eigenvalue weighted by Gasteiger charge is 2.28. The zero-order valence-electron chi connectivity index (χ0n) is 9.63. The van der Waals surface area contributed by atoms with Crippen LogP contribution in [0.2, 0.25) is 0 Å². The molecular formula is C15H15NO. The Kier molecular flexibility index (Phi) is 2.45. The van der Waals surface area contributed by atoms with Gasteiger partial charge in [-0.25, -0.2) is 0 Å². The van der Waals surface area contributed by atoms with Crippen molar-refractivity contribution in [1.82, 2.24) is 4.98 Å². The molecule has 0 saturated carbocycles. The third-order valence-corrected chi connectivity index (χ3v) is 3.47. The Morgan fingerprint density at radius 2 is 2.18 bits per heavy atom. The molecular weight excluding hydrogens is 210 g/mol. The number of rotatable bonds is 1. The molecule has 0 radical (unpaired) electrons. The summed E-state index contributed by atoms with van der Waals surface area (Å²) >= 11 is 0. The highest BCUT2D eigenvalue weighted by molar-refractivity contribution is 5.85. The number of pyridine rings is 1. The Morgan fingerprint density at radius 1 is 1.24 bits per heavy atom. The Hall–Kier alpha value is -1.67. The predicted octanol–water partition coefficient (Wildman–Crippen LogP) is 3.16. The third-order valence-electron chi connectivity index (χ3n) is 3.47. The number of nitrogens with zero attached hydrogens (tertiary/aromatic N) is 1. The number of hydrogen-bond acceptors (Lipinski definition) is 2. The minimum Gasteiger partial charge on any atom is -0.381 e. The van der Waals surface area contributed by atoms with E-state index in [0.29, 0.717) is 0 Å². The van der Waals surface area contributed by atoms with E-state index in [-0.39, 0.29) is 0 Å².